The third-order valence-electron chi connectivity index (χ3n) is 3.18. The lowest BCUT2D eigenvalue weighted by Gasteiger charge is -2.13. The fourth-order valence-corrected chi connectivity index (χ4v) is 2.45. The summed E-state index contributed by atoms with van der Waals surface area (Å²) in [6.07, 6.45) is 1.09. The molecule has 0 N–H and O–H groups in total. The van der Waals surface area contributed by atoms with Crippen LogP contribution < -0.4 is 0 Å². The lowest BCUT2D eigenvalue weighted by molar-refractivity contribution is 0.469. The van der Waals surface area contributed by atoms with Crippen LogP contribution in [-0.2, 0) is 12.4 Å². The Morgan fingerprint density at radius 2 is 2.22 bits per heavy atom. The van der Waals surface area contributed by atoms with Gasteiger partial charge in [-0.1, -0.05) is 20.3 Å². The lowest BCUT2D eigenvalue weighted by Crippen LogP contribution is -2.09. The molecule has 0 aliphatic rings. The lowest BCUT2D eigenvalue weighted by atomic mass is 10.1. The maximum absolute atomic E-state index is 13.5. The van der Waals surface area contributed by atoms with Crippen molar-refractivity contribution in [1.82, 2.24) is 9.55 Å². The van der Waals surface area contributed by atoms with E-state index in [1.165, 1.54) is 6.07 Å². The number of imidazole rings is 1. The maximum Gasteiger partial charge on any atom is 0.139 e. The average Bonchev–Trinajstić information content (AvgIpc) is 2.67. The zero-order valence-electron chi connectivity index (χ0n) is 10.4. The van der Waals surface area contributed by atoms with Crippen molar-refractivity contribution < 1.29 is 4.39 Å². The first-order valence-corrected chi connectivity index (χ1v) is 7.29. The van der Waals surface area contributed by atoms with Crippen molar-refractivity contribution >= 4 is 38.6 Å². The fraction of sp³-hybridized carbons (Fsp3) is 0.462. The van der Waals surface area contributed by atoms with Crippen LogP contribution in [0.3, 0.4) is 0 Å². The molecule has 0 aliphatic heterocycles. The quantitative estimate of drug-likeness (QED) is 0.740. The van der Waals surface area contributed by atoms with E-state index in [0.717, 1.165) is 24.3 Å². The summed E-state index contributed by atoms with van der Waals surface area (Å²) >= 11 is 9.14. The minimum absolute atomic E-state index is 0.295. The highest BCUT2D eigenvalue weighted by atomic mass is 79.9. The van der Waals surface area contributed by atoms with Gasteiger partial charge in [0.25, 0.3) is 0 Å². The van der Waals surface area contributed by atoms with Gasteiger partial charge in [-0.3, -0.25) is 0 Å². The minimum Gasteiger partial charge on any atom is -0.327 e. The molecule has 18 heavy (non-hydrogen) atoms. The molecule has 2 nitrogen and oxygen atoms in total. The van der Waals surface area contributed by atoms with Gasteiger partial charge in [-0.15, -0.1) is 11.6 Å². The van der Waals surface area contributed by atoms with Gasteiger partial charge in [0.05, 0.1) is 21.4 Å². The van der Waals surface area contributed by atoms with Gasteiger partial charge in [-0.2, -0.15) is 0 Å². The Bertz CT molecular complexity index is 568. The zero-order chi connectivity index (χ0) is 13.3. The van der Waals surface area contributed by atoms with Crippen LogP contribution >= 0.6 is 27.5 Å². The Morgan fingerprint density at radius 3 is 2.83 bits per heavy atom. The molecule has 1 heterocycles. The van der Waals surface area contributed by atoms with Crippen molar-refractivity contribution in [2.45, 2.75) is 32.7 Å². The molecule has 1 atom stereocenters. The number of hydrogen-bond acceptors (Lipinski definition) is 1. The third-order valence-corrected chi connectivity index (χ3v) is 4.03. The summed E-state index contributed by atoms with van der Waals surface area (Å²) in [6.45, 7) is 5.19. The van der Waals surface area contributed by atoms with Crippen LogP contribution in [0.25, 0.3) is 11.0 Å². The second-order valence-corrected chi connectivity index (χ2v) is 5.66. The molecule has 1 aromatic carbocycles. The largest absolute Gasteiger partial charge is 0.327 e. The smallest absolute Gasteiger partial charge is 0.139 e. The van der Waals surface area contributed by atoms with E-state index >= 15 is 0 Å². The van der Waals surface area contributed by atoms with Gasteiger partial charge >= 0.3 is 0 Å². The number of aromatic nitrogens is 2. The predicted molar refractivity (Wildman–Crippen MR) is 76.4 cm³/mol. The number of fused-ring (bicyclic) bond motifs is 1. The van der Waals surface area contributed by atoms with Crippen molar-refractivity contribution in [2.24, 2.45) is 5.92 Å². The zero-order valence-corrected chi connectivity index (χ0v) is 12.7. The van der Waals surface area contributed by atoms with Crippen LogP contribution in [0.15, 0.2) is 16.6 Å². The van der Waals surface area contributed by atoms with E-state index in [1.807, 2.05) is 0 Å². The van der Waals surface area contributed by atoms with Crippen molar-refractivity contribution in [3.63, 3.8) is 0 Å². The van der Waals surface area contributed by atoms with E-state index in [0.29, 0.717) is 21.8 Å². The molecule has 0 spiro atoms. The summed E-state index contributed by atoms with van der Waals surface area (Å²) in [5.74, 6) is 1.37. The second-order valence-electron chi connectivity index (χ2n) is 4.54. The van der Waals surface area contributed by atoms with Crippen LogP contribution in [0.2, 0.25) is 0 Å². The molecule has 0 saturated heterocycles. The van der Waals surface area contributed by atoms with Crippen LogP contribution in [0, 0.1) is 11.7 Å². The number of alkyl halides is 1. The third kappa shape index (κ3) is 2.54. The van der Waals surface area contributed by atoms with Crippen molar-refractivity contribution in [1.29, 1.82) is 0 Å². The minimum atomic E-state index is -0.295. The van der Waals surface area contributed by atoms with E-state index in [1.54, 1.807) is 6.07 Å². The second kappa shape index (κ2) is 5.57. The molecular weight excluding hydrogens is 319 g/mol. The Morgan fingerprint density at radius 1 is 1.50 bits per heavy atom. The Hall–Kier alpha value is -0.610. The normalized spacial score (nSPS) is 13.2. The Kier molecular flexibility index (Phi) is 4.28. The summed E-state index contributed by atoms with van der Waals surface area (Å²) < 4.78 is 16.0. The Labute approximate surface area is 119 Å². The Balaban J connectivity index is 2.57. The summed E-state index contributed by atoms with van der Waals surface area (Å²) in [6, 6.07) is 3.22. The van der Waals surface area contributed by atoms with Gasteiger partial charge in [0, 0.05) is 12.6 Å². The molecule has 1 unspecified atom stereocenters. The number of hydrogen-bond donors (Lipinski definition) is 0. The monoisotopic (exact) mass is 332 g/mol. The first-order valence-electron chi connectivity index (χ1n) is 5.97. The first-order chi connectivity index (χ1) is 8.56. The highest BCUT2D eigenvalue weighted by Gasteiger charge is 2.14. The van der Waals surface area contributed by atoms with Gasteiger partial charge in [0.2, 0.25) is 0 Å². The van der Waals surface area contributed by atoms with E-state index < -0.39 is 0 Å². The molecule has 0 fully saturated rings. The average molecular weight is 334 g/mol. The molecule has 98 valence electrons. The SMILES string of the molecule is CCC(C)Cn1c(CCl)nc2cc(F)c(Br)cc21. The first kappa shape index (κ1) is 13.8. The summed E-state index contributed by atoms with van der Waals surface area (Å²) in [5, 5.41) is 0. The molecular formula is C13H15BrClFN2. The molecule has 0 saturated carbocycles. The molecule has 0 amide bonds. The van der Waals surface area contributed by atoms with E-state index in [2.05, 4.69) is 39.3 Å². The summed E-state index contributed by atoms with van der Waals surface area (Å²) in [4.78, 5) is 4.39. The van der Waals surface area contributed by atoms with E-state index in [-0.39, 0.29) is 5.82 Å². The summed E-state index contributed by atoms with van der Waals surface area (Å²) in [5.41, 5.74) is 1.59. The molecule has 2 rings (SSSR count). The molecule has 1 aromatic heterocycles. The number of nitrogens with zero attached hydrogens (tertiary/aromatic N) is 2. The van der Waals surface area contributed by atoms with Gasteiger partial charge in [0.15, 0.2) is 0 Å². The molecule has 0 aliphatic carbocycles. The number of halogens is 3. The molecule has 0 bridgehead atoms. The molecule has 5 heteroatoms. The number of rotatable bonds is 4. The maximum atomic E-state index is 13.5. The molecule has 0 radical (unpaired) electrons. The van der Waals surface area contributed by atoms with E-state index in [4.69, 9.17) is 11.6 Å². The van der Waals surface area contributed by atoms with Crippen LogP contribution in [0.1, 0.15) is 26.1 Å². The van der Waals surface area contributed by atoms with Gasteiger partial charge in [-0.05, 0) is 27.9 Å². The highest BCUT2D eigenvalue weighted by molar-refractivity contribution is 9.10. The summed E-state index contributed by atoms with van der Waals surface area (Å²) in [7, 11) is 0. The highest BCUT2D eigenvalue weighted by Crippen LogP contribution is 2.26. The van der Waals surface area contributed by atoms with Crippen molar-refractivity contribution in [3.8, 4) is 0 Å². The van der Waals surface area contributed by atoms with Crippen LogP contribution in [-0.4, -0.2) is 9.55 Å². The number of benzene rings is 1. The van der Waals surface area contributed by atoms with Crippen molar-refractivity contribution in [3.05, 3.63) is 28.2 Å². The van der Waals surface area contributed by atoms with Crippen LogP contribution in [0.5, 0.6) is 0 Å². The van der Waals surface area contributed by atoms with Crippen molar-refractivity contribution in [2.75, 3.05) is 0 Å². The van der Waals surface area contributed by atoms with Gasteiger partial charge in [0.1, 0.15) is 11.6 Å². The van der Waals surface area contributed by atoms with Crippen LogP contribution in [0.4, 0.5) is 4.39 Å². The van der Waals surface area contributed by atoms with E-state index in [9.17, 15) is 4.39 Å². The van der Waals surface area contributed by atoms with Gasteiger partial charge in [-0.25, -0.2) is 9.37 Å². The predicted octanol–water partition coefficient (Wildman–Crippen LogP) is 4.72. The molecule has 2 aromatic rings. The topological polar surface area (TPSA) is 17.8 Å². The standard InChI is InChI=1S/C13H15BrClFN2/c1-3-8(2)7-18-12-4-9(14)10(16)5-11(12)17-13(18)6-15/h4-5,8H,3,6-7H2,1-2H3. The van der Waals surface area contributed by atoms with Gasteiger partial charge < -0.3 is 4.57 Å². The fourth-order valence-electron chi connectivity index (χ4n) is 1.92.